The number of rotatable bonds is 3. The van der Waals surface area contributed by atoms with Crippen LogP contribution in [0.3, 0.4) is 0 Å². The van der Waals surface area contributed by atoms with Gasteiger partial charge in [0, 0.05) is 23.0 Å². The van der Waals surface area contributed by atoms with Crippen molar-refractivity contribution in [2.24, 2.45) is 4.40 Å². The van der Waals surface area contributed by atoms with E-state index in [1.54, 1.807) is 12.1 Å². The summed E-state index contributed by atoms with van der Waals surface area (Å²) in [5.74, 6) is 0. The van der Waals surface area contributed by atoms with Gasteiger partial charge in [0.1, 0.15) is 9.27 Å². The zero-order valence-electron chi connectivity index (χ0n) is 9.05. The van der Waals surface area contributed by atoms with Crippen molar-refractivity contribution in [2.75, 3.05) is 12.5 Å². The van der Waals surface area contributed by atoms with Gasteiger partial charge in [-0.05, 0) is 24.6 Å². The molecule has 0 spiro atoms. The molecule has 0 saturated heterocycles. The third kappa shape index (κ3) is 4.42. The number of halogens is 1. The summed E-state index contributed by atoms with van der Waals surface area (Å²) in [6.07, 6.45) is 3.82. The third-order valence-electron chi connectivity index (χ3n) is 1.69. The molecule has 8 heteroatoms. The van der Waals surface area contributed by atoms with Crippen LogP contribution >= 0.6 is 47.1 Å². The predicted octanol–water partition coefficient (Wildman–Crippen LogP) is 4.34. The van der Waals surface area contributed by atoms with E-state index in [9.17, 15) is 10.1 Å². The van der Waals surface area contributed by atoms with E-state index >= 15 is 0 Å². The van der Waals surface area contributed by atoms with Crippen LogP contribution in [0.2, 0.25) is 5.02 Å². The van der Waals surface area contributed by atoms with E-state index in [1.165, 1.54) is 29.6 Å². The van der Waals surface area contributed by atoms with Gasteiger partial charge in [-0.15, -0.1) is 23.5 Å². The number of thioether (sulfide) groups is 2. The fourth-order valence-corrected chi connectivity index (χ4v) is 3.14. The molecule has 0 atom stereocenters. The highest BCUT2D eigenvalue weighted by molar-refractivity contribution is 8.38. The van der Waals surface area contributed by atoms with Crippen molar-refractivity contribution in [3.8, 4) is 0 Å². The molecule has 0 saturated carbocycles. The van der Waals surface area contributed by atoms with Crippen molar-refractivity contribution in [1.29, 1.82) is 0 Å². The standard InChI is InChI=1S/C9H9ClN2O2S3/c1-15-9(16-2)11-17-8-4-3-6(10)5-7(8)12(13)14/h3-5H,1-2H3. The molecule has 0 N–H and O–H groups in total. The van der Waals surface area contributed by atoms with E-state index in [-0.39, 0.29) is 5.69 Å². The minimum Gasteiger partial charge on any atom is -0.258 e. The third-order valence-corrected chi connectivity index (χ3v) is 4.85. The highest BCUT2D eigenvalue weighted by Crippen LogP contribution is 2.33. The Morgan fingerprint density at radius 3 is 2.59 bits per heavy atom. The lowest BCUT2D eigenvalue weighted by molar-refractivity contribution is -0.387. The lowest BCUT2D eigenvalue weighted by atomic mass is 10.3. The molecule has 1 aromatic carbocycles. The van der Waals surface area contributed by atoms with Crippen LogP contribution in [0.15, 0.2) is 27.5 Å². The average Bonchev–Trinajstić information content (AvgIpc) is 2.31. The molecule has 0 aliphatic rings. The van der Waals surface area contributed by atoms with Gasteiger partial charge in [0.25, 0.3) is 5.69 Å². The monoisotopic (exact) mass is 308 g/mol. The Kier molecular flexibility index (Phi) is 6.18. The van der Waals surface area contributed by atoms with E-state index < -0.39 is 4.92 Å². The normalized spacial score (nSPS) is 10.1. The first-order valence-electron chi connectivity index (χ1n) is 4.35. The molecule has 0 aliphatic carbocycles. The van der Waals surface area contributed by atoms with Crippen LogP contribution in [0.4, 0.5) is 5.69 Å². The molecule has 0 bridgehead atoms. The fourth-order valence-electron chi connectivity index (χ4n) is 0.955. The molecule has 0 aliphatic heterocycles. The van der Waals surface area contributed by atoms with E-state index in [2.05, 4.69) is 4.40 Å². The van der Waals surface area contributed by atoms with Crippen LogP contribution in [0, 0.1) is 10.1 Å². The van der Waals surface area contributed by atoms with Crippen LogP contribution in [-0.2, 0) is 0 Å². The second-order valence-electron chi connectivity index (χ2n) is 2.73. The molecular formula is C9H9ClN2O2S3. The minimum atomic E-state index is -0.457. The van der Waals surface area contributed by atoms with E-state index in [4.69, 9.17) is 11.6 Å². The number of nitrogens with zero attached hydrogens (tertiary/aromatic N) is 2. The molecule has 0 aromatic heterocycles. The smallest absolute Gasteiger partial charge is 0.258 e. The quantitative estimate of drug-likeness (QED) is 0.273. The van der Waals surface area contributed by atoms with Crippen molar-refractivity contribution in [3.05, 3.63) is 33.3 Å². The molecule has 4 nitrogen and oxygen atoms in total. The van der Waals surface area contributed by atoms with Gasteiger partial charge in [-0.25, -0.2) is 0 Å². The van der Waals surface area contributed by atoms with Gasteiger partial charge in [0.05, 0.1) is 4.92 Å². The lowest BCUT2D eigenvalue weighted by Crippen LogP contribution is -1.90. The summed E-state index contributed by atoms with van der Waals surface area (Å²) >= 11 is 9.81. The summed E-state index contributed by atoms with van der Waals surface area (Å²) in [6.45, 7) is 0. The Balaban J connectivity index is 2.98. The summed E-state index contributed by atoms with van der Waals surface area (Å²) in [5.41, 5.74) is -0.0205. The van der Waals surface area contributed by atoms with Gasteiger partial charge in [-0.2, -0.15) is 4.40 Å². The maximum atomic E-state index is 10.8. The summed E-state index contributed by atoms with van der Waals surface area (Å²) < 4.78 is 5.08. The molecule has 0 fully saturated rings. The minimum absolute atomic E-state index is 0.0205. The Labute approximate surface area is 117 Å². The van der Waals surface area contributed by atoms with Gasteiger partial charge in [-0.1, -0.05) is 11.6 Å². The van der Waals surface area contributed by atoms with Crippen molar-refractivity contribution in [1.82, 2.24) is 0 Å². The summed E-state index contributed by atoms with van der Waals surface area (Å²) in [7, 11) is 0. The molecule has 92 valence electrons. The molecule has 1 aromatic rings. The maximum absolute atomic E-state index is 10.8. The van der Waals surface area contributed by atoms with E-state index in [0.29, 0.717) is 9.92 Å². The first kappa shape index (κ1) is 14.7. The number of benzene rings is 1. The SMILES string of the molecule is CSC(=NSc1ccc(Cl)cc1[N+](=O)[O-])SC. The molecule has 0 heterocycles. The molecule has 0 unspecified atom stereocenters. The second kappa shape index (κ2) is 7.15. The number of hydrogen-bond donors (Lipinski definition) is 0. The zero-order valence-corrected chi connectivity index (χ0v) is 12.3. The van der Waals surface area contributed by atoms with Crippen LogP contribution in [0.1, 0.15) is 0 Å². The van der Waals surface area contributed by atoms with Gasteiger partial charge >= 0.3 is 0 Å². The van der Waals surface area contributed by atoms with Crippen molar-refractivity contribution >= 4 is 57.1 Å². The topological polar surface area (TPSA) is 55.5 Å². The number of nitro benzene ring substituents is 1. The van der Waals surface area contributed by atoms with E-state index in [1.807, 2.05) is 12.5 Å². The molecule has 17 heavy (non-hydrogen) atoms. The molecule has 0 radical (unpaired) electrons. The van der Waals surface area contributed by atoms with Crippen LogP contribution in [0.25, 0.3) is 0 Å². The van der Waals surface area contributed by atoms with Gasteiger partial charge in [0.2, 0.25) is 0 Å². The van der Waals surface area contributed by atoms with Crippen LogP contribution in [0.5, 0.6) is 0 Å². The zero-order chi connectivity index (χ0) is 12.8. The summed E-state index contributed by atoms with van der Waals surface area (Å²) in [5, 5.41) is 11.2. The van der Waals surface area contributed by atoms with E-state index in [0.717, 1.165) is 16.3 Å². The Morgan fingerprint density at radius 1 is 1.41 bits per heavy atom. The average molecular weight is 309 g/mol. The Bertz CT molecular complexity index is 448. The molecule has 0 amide bonds. The van der Waals surface area contributed by atoms with Crippen molar-refractivity contribution in [2.45, 2.75) is 4.90 Å². The van der Waals surface area contributed by atoms with Crippen molar-refractivity contribution < 1.29 is 4.92 Å². The van der Waals surface area contributed by atoms with Gasteiger partial charge in [0.15, 0.2) is 0 Å². The number of nitro groups is 1. The largest absolute Gasteiger partial charge is 0.286 e. The lowest BCUT2D eigenvalue weighted by Gasteiger charge is -2.00. The first-order chi connectivity index (χ1) is 8.08. The number of hydrogen-bond acceptors (Lipinski definition) is 6. The van der Waals surface area contributed by atoms with Crippen LogP contribution < -0.4 is 0 Å². The van der Waals surface area contributed by atoms with Gasteiger partial charge in [-0.3, -0.25) is 10.1 Å². The predicted molar refractivity (Wildman–Crippen MR) is 78.4 cm³/mol. The van der Waals surface area contributed by atoms with Gasteiger partial charge < -0.3 is 0 Å². The Hall–Kier alpha value is -0.370. The Morgan fingerprint density at radius 2 is 2.06 bits per heavy atom. The maximum Gasteiger partial charge on any atom is 0.286 e. The fraction of sp³-hybridized carbons (Fsp3) is 0.222. The molecule has 1 rings (SSSR count). The van der Waals surface area contributed by atoms with Crippen LogP contribution in [-0.4, -0.2) is 21.8 Å². The first-order valence-corrected chi connectivity index (χ1v) is 7.95. The molecular weight excluding hydrogens is 300 g/mol. The highest BCUT2D eigenvalue weighted by Gasteiger charge is 2.14. The summed E-state index contributed by atoms with van der Waals surface area (Å²) in [6, 6.07) is 4.55. The second-order valence-corrected chi connectivity index (χ2v) is 5.82. The highest BCUT2D eigenvalue weighted by atomic mass is 35.5. The summed E-state index contributed by atoms with van der Waals surface area (Å²) in [4.78, 5) is 10.9. The van der Waals surface area contributed by atoms with Crippen molar-refractivity contribution in [3.63, 3.8) is 0 Å².